The minimum atomic E-state index is -2.89. The van der Waals surface area contributed by atoms with E-state index in [2.05, 4.69) is 0 Å². The molecule has 0 aromatic rings. The highest BCUT2D eigenvalue weighted by Crippen LogP contribution is 2.16. The third kappa shape index (κ3) is 4.39. The van der Waals surface area contributed by atoms with Crippen LogP contribution in [-0.4, -0.2) is 39.2 Å². The van der Waals surface area contributed by atoms with E-state index in [9.17, 15) is 8.42 Å². The second kappa shape index (κ2) is 5.09. The highest BCUT2D eigenvalue weighted by molar-refractivity contribution is 7.90. The summed E-state index contributed by atoms with van der Waals surface area (Å²) in [5, 5.41) is 0. The molecule has 0 saturated carbocycles. The zero-order valence-electron chi connectivity index (χ0n) is 8.61. The lowest BCUT2D eigenvalue weighted by molar-refractivity contribution is 0.0000554. The van der Waals surface area contributed by atoms with E-state index in [0.717, 1.165) is 25.9 Å². The predicted molar refractivity (Wildman–Crippen MR) is 55.9 cm³/mol. The maximum Gasteiger partial charge on any atom is 0.147 e. The molecule has 0 bridgehead atoms. The third-order valence-electron chi connectivity index (χ3n) is 2.51. The minimum Gasteiger partial charge on any atom is -0.377 e. The Hall–Kier alpha value is -0.130. The number of ether oxygens (including phenoxy) is 1. The zero-order valence-corrected chi connectivity index (χ0v) is 9.42. The van der Waals surface area contributed by atoms with Gasteiger partial charge in [-0.05, 0) is 25.7 Å². The first-order valence-electron chi connectivity index (χ1n) is 5.04. The van der Waals surface area contributed by atoms with Crippen molar-refractivity contribution in [2.75, 3.05) is 18.6 Å². The van der Waals surface area contributed by atoms with Gasteiger partial charge in [0.1, 0.15) is 9.84 Å². The molecule has 1 saturated heterocycles. The molecule has 5 heteroatoms. The summed E-state index contributed by atoms with van der Waals surface area (Å²) < 4.78 is 27.3. The van der Waals surface area contributed by atoms with Crippen LogP contribution in [0.4, 0.5) is 0 Å². The summed E-state index contributed by atoms with van der Waals surface area (Å²) in [6, 6.07) is -0.134. The van der Waals surface area contributed by atoms with Gasteiger partial charge in [-0.25, -0.2) is 8.42 Å². The van der Waals surface area contributed by atoms with Crippen LogP contribution in [0.5, 0.6) is 0 Å². The van der Waals surface area contributed by atoms with Gasteiger partial charge in [0.25, 0.3) is 0 Å². The first-order chi connectivity index (χ1) is 6.49. The summed E-state index contributed by atoms with van der Waals surface area (Å²) in [5.74, 6) is 0.161. The van der Waals surface area contributed by atoms with Crippen LogP contribution in [0.25, 0.3) is 0 Å². The van der Waals surface area contributed by atoms with Crippen LogP contribution in [0, 0.1) is 0 Å². The van der Waals surface area contributed by atoms with Crippen molar-refractivity contribution in [2.45, 2.75) is 37.8 Å². The number of rotatable bonds is 4. The summed E-state index contributed by atoms with van der Waals surface area (Å²) in [7, 11) is -2.89. The van der Waals surface area contributed by atoms with Gasteiger partial charge in [0.15, 0.2) is 0 Å². The number of hydrogen-bond acceptors (Lipinski definition) is 4. The molecule has 2 atom stereocenters. The Balaban J connectivity index is 2.30. The molecule has 14 heavy (non-hydrogen) atoms. The Morgan fingerprint density at radius 2 is 2.21 bits per heavy atom. The Morgan fingerprint density at radius 1 is 1.50 bits per heavy atom. The standard InChI is InChI=1S/C9H19NO3S/c1-14(11,12)7-5-8(10)9-4-2-3-6-13-9/h8-9H,2-7,10H2,1H3. The van der Waals surface area contributed by atoms with E-state index in [4.69, 9.17) is 10.5 Å². The fourth-order valence-corrected chi connectivity index (χ4v) is 2.34. The third-order valence-corrected chi connectivity index (χ3v) is 3.49. The smallest absolute Gasteiger partial charge is 0.147 e. The topological polar surface area (TPSA) is 69.4 Å². The van der Waals surface area contributed by atoms with E-state index in [0.29, 0.717) is 6.42 Å². The van der Waals surface area contributed by atoms with Crippen LogP contribution in [0.15, 0.2) is 0 Å². The maximum atomic E-state index is 10.9. The van der Waals surface area contributed by atoms with Crippen molar-refractivity contribution in [3.8, 4) is 0 Å². The van der Waals surface area contributed by atoms with Crippen molar-refractivity contribution in [2.24, 2.45) is 5.73 Å². The average Bonchev–Trinajstić information content (AvgIpc) is 2.14. The van der Waals surface area contributed by atoms with Crippen molar-refractivity contribution < 1.29 is 13.2 Å². The molecule has 2 N–H and O–H groups in total. The van der Waals surface area contributed by atoms with Gasteiger partial charge in [-0.2, -0.15) is 0 Å². The number of nitrogens with two attached hydrogens (primary N) is 1. The normalized spacial score (nSPS) is 26.0. The molecule has 1 rings (SSSR count). The molecule has 1 fully saturated rings. The molecule has 0 spiro atoms. The quantitative estimate of drug-likeness (QED) is 0.742. The molecule has 84 valence electrons. The lowest BCUT2D eigenvalue weighted by Crippen LogP contribution is -2.40. The largest absolute Gasteiger partial charge is 0.377 e. The van der Waals surface area contributed by atoms with Gasteiger partial charge >= 0.3 is 0 Å². The first kappa shape index (κ1) is 11.9. The van der Waals surface area contributed by atoms with Gasteiger partial charge in [-0.3, -0.25) is 0 Å². The van der Waals surface area contributed by atoms with Crippen molar-refractivity contribution >= 4 is 9.84 Å². The Morgan fingerprint density at radius 3 is 2.71 bits per heavy atom. The van der Waals surface area contributed by atoms with E-state index < -0.39 is 9.84 Å². The summed E-state index contributed by atoms with van der Waals surface area (Å²) in [6.45, 7) is 0.761. The Labute approximate surface area is 85.7 Å². The fourth-order valence-electron chi connectivity index (χ4n) is 1.64. The van der Waals surface area contributed by atoms with E-state index in [1.54, 1.807) is 0 Å². The van der Waals surface area contributed by atoms with Crippen LogP contribution in [0.3, 0.4) is 0 Å². The lowest BCUT2D eigenvalue weighted by Gasteiger charge is -2.27. The molecule has 1 aliphatic rings. The van der Waals surface area contributed by atoms with Crippen LogP contribution in [-0.2, 0) is 14.6 Å². The van der Waals surface area contributed by atoms with Crippen LogP contribution >= 0.6 is 0 Å². The zero-order chi connectivity index (χ0) is 10.6. The van der Waals surface area contributed by atoms with E-state index in [1.165, 1.54) is 6.26 Å². The van der Waals surface area contributed by atoms with Crippen molar-refractivity contribution in [3.63, 3.8) is 0 Å². The van der Waals surface area contributed by atoms with Crippen LogP contribution in [0.2, 0.25) is 0 Å². The van der Waals surface area contributed by atoms with Crippen LogP contribution in [0.1, 0.15) is 25.7 Å². The van der Waals surface area contributed by atoms with Crippen molar-refractivity contribution in [3.05, 3.63) is 0 Å². The Kier molecular flexibility index (Phi) is 4.34. The summed E-state index contributed by atoms with van der Waals surface area (Å²) >= 11 is 0. The molecule has 0 aliphatic carbocycles. The molecule has 1 heterocycles. The van der Waals surface area contributed by atoms with Gasteiger partial charge in [0, 0.05) is 18.9 Å². The summed E-state index contributed by atoms with van der Waals surface area (Å²) in [4.78, 5) is 0. The van der Waals surface area contributed by atoms with Gasteiger partial charge in [-0.15, -0.1) is 0 Å². The van der Waals surface area contributed by atoms with Crippen molar-refractivity contribution in [1.29, 1.82) is 0 Å². The predicted octanol–water partition coefficient (Wildman–Crippen LogP) is 0.317. The lowest BCUT2D eigenvalue weighted by atomic mass is 10.0. The van der Waals surface area contributed by atoms with Crippen LogP contribution < -0.4 is 5.73 Å². The highest BCUT2D eigenvalue weighted by Gasteiger charge is 2.21. The average molecular weight is 221 g/mol. The van der Waals surface area contributed by atoms with Gasteiger partial charge in [0.05, 0.1) is 11.9 Å². The molecule has 0 amide bonds. The molecule has 4 nitrogen and oxygen atoms in total. The Bertz CT molecular complexity index is 257. The van der Waals surface area contributed by atoms with Gasteiger partial charge in [-0.1, -0.05) is 0 Å². The van der Waals surface area contributed by atoms with Crippen molar-refractivity contribution in [1.82, 2.24) is 0 Å². The molecular weight excluding hydrogens is 202 g/mol. The fraction of sp³-hybridized carbons (Fsp3) is 1.00. The second-order valence-electron chi connectivity index (χ2n) is 3.99. The highest BCUT2D eigenvalue weighted by atomic mass is 32.2. The molecular formula is C9H19NO3S. The molecule has 2 unspecified atom stereocenters. The van der Waals surface area contributed by atoms with Gasteiger partial charge < -0.3 is 10.5 Å². The monoisotopic (exact) mass is 221 g/mol. The first-order valence-corrected chi connectivity index (χ1v) is 7.10. The number of sulfone groups is 1. The van der Waals surface area contributed by atoms with E-state index in [1.807, 2.05) is 0 Å². The molecule has 0 aromatic carbocycles. The molecule has 1 aliphatic heterocycles. The van der Waals surface area contributed by atoms with E-state index >= 15 is 0 Å². The number of hydrogen-bond donors (Lipinski definition) is 1. The second-order valence-corrected chi connectivity index (χ2v) is 6.25. The van der Waals surface area contributed by atoms with E-state index in [-0.39, 0.29) is 17.9 Å². The SMILES string of the molecule is CS(=O)(=O)CCC(N)C1CCCCO1. The summed E-state index contributed by atoms with van der Waals surface area (Å²) in [5.41, 5.74) is 5.87. The minimum absolute atomic E-state index is 0.0606. The maximum absolute atomic E-state index is 10.9. The molecule has 0 radical (unpaired) electrons. The van der Waals surface area contributed by atoms with Gasteiger partial charge in [0.2, 0.25) is 0 Å². The summed E-state index contributed by atoms with van der Waals surface area (Å²) in [6.07, 6.45) is 4.99. The molecule has 0 aromatic heterocycles.